The van der Waals surface area contributed by atoms with E-state index in [-0.39, 0.29) is 47.5 Å². The van der Waals surface area contributed by atoms with Crippen LogP contribution < -0.4 is 20.5 Å². The Morgan fingerprint density at radius 1 is 1.44 bits per heavy atom. The highest BCUT2D eigenvalue weighted by molar-refractivity contribution is 7.89. The highest BCUT2D eigenvalue weighted by Gasteiger charge is 2.39. The zero-order chi connectivity index (χ0) is 17.5. The molecule has 3 rings (SSSR count). The molecule has 0 aromatic heterocycles. The summed E-state index contributed by atoms with van der Waals surface area (Å²) in [5.74, 6) is 0.340. The topological polar surface area (TPSA) is 111 Å². The Bertz CT molecular complexity index is 771. The monoisotopic (exact) mass is 391 g/mol. The van der Waals surface area contributed by atoms with Gasteiger partial charge in [-0.1, -0.05) is 0 Å². The largest absolute Gasteiger partial charge is 0.495 e. The number of methoxy groups -OCH3 is 1. The van der Waals surface area contributed by atoms with Crippen molar-refractivity contribution in [2.45, 2.75) is 24.3 Å². The Morgan fingerprint density at radius 3 is 2.76 bits per heavy atom. The molecule has 0 bridgehead atoms. The zero-order valence-electron chi connectivity index (χ0n) is 14.0. The number of benzene rings is 1. The summed E-state index contributed by atoms with van der Waals surface area (Å²) in [7, 11) is -2.37. The van der Waals surface area contributed by atoms with Crippen LogP contribution in [0.5, 0.6) is 11.5 Å². The molecular weight excluding hydrogens is 370 g/mol. The van der Waals surface area contributed by atoms with Crippen molar-refractivity contribution < 1.29 is 22.7 Å². The Balaban J connectivity index is 0.00000225. The molecule has 2 aliphatic rings. The fourth-order valence-electron chi connectivity index (χ4n) is 3.19. The van der Waals surface area contributed by atoms with Crippen LogP contribution in [-0.4, -0.2) is 51.5 Å². The van der Waals surface area contributed by atoms with Crippen LogP contribution in [0.3, 0.4) is 0 Å². The van der Waals surface area contributed by atoms with Crippen molar-refractivity contribution in [3.8, 4) is 11.5 Å². The van der Waals surface area contributed by atoms with Crippen molar-refractivity contribution in [3.63, 3.8) is 0 Å². The summed E-state index contributed by atoms with van der Waals surface area (Å²) in [5.41, 5.74) is 6.09. The van der Waals surface area contributed by atoms with Crippen molar-refractivity contribution >= 4 is 34.0 Å². The molecule has 3 N–H and O–H groups in total. The lowest BCUT2D eigenvalue weighted by Gasteiger charge is -2.24. The van der Waals surface area contributed by atoms with Gasteiger partial charge in [0.15, 0.2) is 6.61 Å². The van der Waals surface area contributed by atoms with E-state index in [9.17, 15) is 13.2 Å². The third-order valence-electron chi connectivity index (χ3n) is 4.42. The number of halogens is 1. The molecule has 140 valence electrons. The van der Waals surface area contributed by atoms with Crippen LogP contribution in [0.4, 0.5) is 5.69 Å². The minimum atomic E-state index is -3.76. The lowest BCUT2D eigenvalue weighted by Crippen LogP contribution is -2.35. The Labute approximate surface area is 153 Å². The number of carbonyl (C=O) groups excluding carboxylic acids is 1. The third kappa shape index (κ3) is 3.55. The van der Waals surface area contributed by atoms with Crippen molar-refractivity contribution in [1.29, 1.82) is 0 Å². The number of amides is 1. The molecular formula is C15H22ClN3O5S. The molecule has 1 amide bonds. The van der Waals surface area contributed by atoms with Crippen molar-refractivity contribution in [1.82, 2.24) is 4.31 Å². The predicted octanol–water partition coefficient (Wildman–Crippen LogP) is 0.806. The number of sulfonamides is 1. The fraction of sp³-hybridized carbons (Fsp3) is 0.533. The summed E-state index contributed by atoms with van der Waals surface area (Å²) in [6.07, 6.45) is 0.732. The summed E-state index contributed by atoms with van der Waals surface area (Å²) in [6, 6.07) is 2.75. The second-order valence-electron chi connectivity index (χ2n) is 6.10. The number of fused-ring (bicyclic) bond motifs is 1. The first-order valence-corrected chi connectivity index (χ1v) is 9.17. The molecule has 2 aliphatic heterocycles. The van der Waals surface area contributed by atoms with Gasteiger partial charge >= 0.3 is 0 Å². The number of rotatable bonds is 4. The summed E-state index contributed by atoms with van der Waals surface area (Å²) >= 11 is 0. The maximum atomic E-state index is 13.1. The average molecular weight is 392 g/mol. The van der Waals surface area contributed by atoms with Crippen LogP contribution in [0.2, 0.25) is 0 Å². The number of hydrogen-bond donors (Lipinski definition) is 2. The van der Waals surface area contributed by atoms with E-state index in [1.54, 1.807) is 0 Å². The molecule has 1 fully saturated rings. The maximum Gasteiger partial charge on any atom is 0.262 e. The molecule has 0 aliphatic carbocycles. The van der Waals surface area contributed by atoms with Crippen LogP contribution in [0.25, 0.3) is 0 Å². The molecule has 2 heterocycles. The van der Waals surface area contributed by atoms with Gasteiger partial charge in [0.1, 0.15) is 16.4 Å². The van der Waals surface area contributed by atoms with Crippen LogP contribution in [0, 0.1) is 5.92 Å². The van der Waals surface area contributed by atoms with E-state index in [0.717, 1.165) is 6.42 Å². The first kappa shape index (κ1) is 19.8. The summed E-state index contributed by atoms with van der Waals surface area (Å²) in [6.45, 7) is 2.56. The van der Waals surface area contributed by atoms with E-state index in [1.165, 1.54) is 23.5 Å². The van der Waals surface area contributed by atoms with Gasteiger partial charge in [-0.2, -0.15) is 4.31 Å². The molecule has 1 aromatic carbocycles. The van der Waals surface area contributed by atoms with E-state index in [4.69, 9.17) is 15.2 Å². The minimum Gasteiger partial charge on any atom is -0.495 e. The Morgan fingerprint density at radius 2 is 2.16 bits per heavy atom. The van der Waals surface area contributed by atoms with E-state index < -0.39 is 10.0 Å². The lowest BCUT2D eigenvalue weighted by atomic mass is 10.1. The van der Waals surface area contributed by atoms with E-state index in [2.05, 4.69) is 5.32 Å². The summed E-state index contributed by atoms with van der Waals surface area (Å²) in [5, 5.41) is 2.64. The van der Waals surface area contributed by atoms with Crippen molar-refractivity contribution in [2.75, 3.05) is 32.1 Å². The fourth-order valence-corrected chi connectivity index (χ4v) is 5.06. The number of nitrogens with two attached hydrogens (primary N) is 1. The van der Waals surface area contributed by atoms with Crippen molar-refractivity contribution in [3.05, 3.63) is 12.1 Å². The Hall–Kier alpha value is -1.55. The van der Waals surface area contributed by atoms with Crippen molar-refractivity contribution in [2.24, 2.45) is 11.7 Å². The lowest BCUT2D eigenvalue weighted by molar-refractivity contribution is -0.118. The quantitative estimate of drug-likeness (QED) is 0.785. The molecule has 0 radical (unpaired) electrons. The average Bonchev–Trinajstić information content (AvgIpc) is 2.95. The predicted molar refractivity (Wildman–Crippen MR) is 94.9 cm³/mol. The first-order valence-electron chi connectivity index (χ1n) is 7.73. The van der Waals surface area contributed by atoms with Gasteiger partial charge in [0.05, 0.1) is 12.8 Å². The van der Waals surface area contributed by atoms with Crippen LogP contribution in [0.15, 0.2) is 17.0 Å². The number of anilines is 1. The highest BCUT2D eigenvalue weighted by Crippen LogP contribution is 2.40. The second kappa shape index (κ2) is 7.36. The first-order chi connectivity index (χ1) is 11.4. The highest BCUT2D eigenvalue weighted by atomic mass is 35.5. The van der Waals surface area contributed by atoms with Crippen LogP contribution in [-0.2, 0) is 14.8 Å². The molecule has 2 atom stereocenters. The number of nitrogens with zero attached hydrogens (tertiary/aromatic N) is 1. The molecule has 0 saturated carbocycles. The third-order valence-corrected chi connectivity index (χ3v) is 6.42. The van der Waals surface area contributed by atoms with Gasteiger partial charge < -0.3 is 20.5 Å². The zero-order valence-corrected chi connectivity index (χ0v) is 15.7. The van der Waals surface area contributed by atoms with Gasteiger partial charge in [-0.05, 0) is 25.8 Å². The molecule has 0 spiro atoms. The number of nitrogens with one attached hydrogen (secondary N) is 1. The Kier molecular flexibility index (Phi) is 5.82. The second-order valence-corrected chi connectivity index (χ2v) is 7.96. The van der Waals surface area contributed by atoms with Crippen LogP contribution >= 0.6 is 12.4 Å². The van der Waals surface area contributed by atoms with Gasteiger partial charge in [0.25, 0.3) is 5.91 Å². The summed E-state index contributed by atoms with van der Waals surface area (Å²) in [4.78, 5) is 11.4. The van der Waals surface area contributed by atoms with E-state index >= 15 is 0 Å². The summed E-state index contributed by atoms with van der Waals surface area (Å²) < 4.78 is 38.2. The molecule has 10 heteroatoms. The molecule has 1 aromatic rings. The van der Waals surface area contributed by atoms with E-state index in [0.29, 0.717) is 24.5 Å². The number of carbonyl (C=O) groups is 1. The standard InChI is InChI=1S/C15H21N3O5S.ClH/c1-9-3-10(6-16)7-18(9)24(20,21)14-5-12-11(4-13(14)22-2)17-15(19)8-23-12;/h4-5,9-10H,3,6-8,16H2,1-2H3,(H,17,19);1H. The molecule has 1 saturated heterocycles. The smallest absolute Gasteiger partial charge is 0.262 e. The number of ether oxygens (including phenoxy) is 2. The van der Waals surface area contributed by atoms with Gasteiger partial charge in [-0.15, -0.1) is 12.4 Å². The van der Waals surface area contributed by atoms with Gasteiger partial charge in [0.2, 0.25) is 10.0 Å². The van der Waals surface area contributed by atoms with E-state index in [1.807, 2.05) is 6.92 Å². The van der Waals surface area contributed by atoms with Crippen LogP contribution in [0.1, 0.15) is 13.3 Å². The molecule has 8 nitrogen and oxygen atoms in total. The van der Waals surface area contributed by atoms with Gasteiger partial charge in [0, 0.05) is 24.7 Å². The van der Waals surface area contributed by atoms with Gasteiger partial charge in [-0.3, -0.25) is 4.79 Å². The SMILES string of the molecule is COc1cc2c(cc1S(=O)(=O)N1CC(CN)CC1C)OCC(=O)N2.Cl. The number of hydrogen-bond acceptors (Lipinski definition) is 6. The molecule has 25 heavy (non-hydrogen) atoms. The normalized spacial score (nSPS) is 23.2. The minimum absolute atomic E-state index is 0. The maximum absolute atomic E-state index is 13.1. The van der Waals surface area contributed by atoms with Gasteiger partial charge in [-0.25, -0.2) is 8.42 Å². The molecule has 2 unspecified atom stereocenters.